The van der Waals surface area contributed by atoms with Crippen LogP contribution in [0, 0.1) is 11.8 Å². The fraction of sp³-hybridized carbons (Fsp3) is 0.875. The third-order valence-corrected chi connectivity index (χ3v) is 3.01. The highest BCUT2D eigenvalue weighted by Crippen LogP contribution is 2.39. The lowest BCUT2D eigenvalue weighted by molar-refractivity contribution is -0.148. The molecule has 2 saturated heterocycles. The molecule has 0 radical (unpaired) electrons. The van der Waals surface area contributed by atoms with Crippen LogP contribution >= 0.6 is 0 Å². The van der Waals surface area contributed by atoms with Gasteiger partial charge in [-0.1, -0.05) is 0 Å². The number of fused-ring (bicyclic) bond motifs is 2. The first-order valence-electron chi connectivity index (χ1n) is 4.38. The van der Waals surface area contributed by atoms with E-state index in [1.807, 2.05) is 0 Å². The van der Waals surface area contributed by atoms with E-state index in [4.69, 9.17) is 5.73 Å². The minimum absolute atomic E-state index is 0.0107. The first kappa shape index (κ1) is 8.01. The molecule has 0 aromatic carbocycles. The summed E-state index contributed by atoms with van der Waals surface area (Å²) in [5.41, 5.74) is 5.24. The Hall–Kier alpha value is -0.610. The van der Waals surface area contributed by atoms with E-state index >= 15 is 0 Å². The van der Waals surface area contributed by atoms with Gasteiger partial charge in [-0.3, -0.25) is 4.79 Å². The number of nitrogens with two attached hydrogens (primary N) is 1. The van der Waals surface area contributed by atoms with Crippen LogP contribution < -0.4 is 5.73 Å². The van der Waals surface area contributed by atoms with E-state index in [0.717, 1.165) is 6.42 Å². The van der Waals surface area contributed by atoms with E-state index in [0.29, 0.717) is 24.9 Å². The monoisotopic (exact) mass is 170 g/mol. The summed E-state index contributed by atoms with van der Waals surface area (Å²) in [5.74, 6) is 0.648. The number of hydrogen-bond donors (Lipinski definition) is 2. The van der Waals surface area contributed by atoms with Crippen LogP contribution in [0.5, 0.6) is 0 Å². The van der Waals surface area contributed by atoms with E-state index in [2.05, 4.69) is 0 Å². The number of rotatable bonds is 1. The van der Waals surface area contributed by atoms with Gasteiger partial charge in [-0.2, -0.15) is 0 Å². The van der Waals surface area contributed by atoms with Crippen LogP contribution in [0.3, 0.4) is 0 Å². The molecule has 2 aliphatic heterocycles. The normalized spacial score (nSPS) is 39.2. The smallest absolute Gasteiger partial charge is 0.236 e. The topological polar surface area (TPSA) is 66.6 Å². The van der Waals surface area contributed by atoms with Crippen molar-refractivity contribution in [3.05, 3.63) is 0 Å². The Morgan fingerprint density at radius 3 is 2.50 bits per heavy atom. The van der Waals surface area contributed by atoms with Gasteiger partial charge in [-0.05, 0) is 6.42 Å². The number of hydrogen-bond acceptors (Lipinski definition) is 3. The Balaban J connectivity index is 1.94. The predicted octanol–water partition coefficient (Wildman–Crippen LogP) is -1.22. The molecule has 0 aromatic rings. The van der Waals surface area contributed by atoms with E-state index in [9.17, 15) is 9.90 Å². The zero-order valence-electron chi connectivity index (χ0n) is 6.94. The van der Waals surface area contributed by atoms with Gasteiger partial charge in [-0.15, -0.1) is 0 Å². The SMILES string of the molecule is NCC(=O)N1C[C@H]2C[C@@H](C1)C2O. The third-order valence-electron chi connectivity index (χ3n) is 3.01. The van der Waals surface area contributed by atoms with Crippen LogP contribution in [0.25, 0.3) is 0 Å². The molecule has 3 rings (SSSR count). The minimum atomic E-state index is -0.160. The number of aliphatic hydroxyl groups is 1. The van der Waals surface area contributed by atoms with Crippen LogP contribution in [0.15, 0.2) is 0 Å². The Kier molecular flexibility index (Phi) is 1.81. The molecule has 1 aliphatic carbocycles. The van der Waals surface area contributed by atoms with Crippen molar-refractivity contribution in [1.29, 1.82) is 0 Å². The van der Waals surface area contributed by atoms with Crippen molar-refractivity contribution >= 4 is 5.91 Å². The lowest BCUT2D eigenvalue weighted by atomic mass is 9.68. The molecule has 3 fully saturated rings. The Morgan fingerprint density at radius 2 is 2.08 bits per heavy atom. The lowest BCUT2D eigenvalue weighted by Crippen LogP contribution is -2.60. The maximum absolute atomic E-state index is 11.2. The molecule has 0 spiro atoms. The van der Waals surface area contributed by atoms with E-state index in [1.165, 1.54) is 0 Å². The zero-order chi connectivity index (χ0) is 8.72. The van der Waals surface area contributed by atoms with Gasteiger partial charge in [0.2, 0.25) is 5.91 Å². The summed E-state index contributed by atoms with van der Waals surface area (Å²) in [6.45, 7) is 1.50. The van der Waals surface area contributed by atoms with Crippen molar-refractivity contribution in [2.24, 2.45) is 17.6 Å². The molecule has 4 nitrogen and oxygen atoms in total. The van der Waals surface area contributed by atoms with Crippen molar-refractivity contribution in [2.75, 3.05) is 19.6 Å². The van der Waals surface area contributed by atoms with Gasteiger partial charge in [0.25, 0.3) is 0 Å². The Labute approximate surface area is 71.3 Å². The molecule has 68 valence electrons. The number of nitrogens with zero attached hydrogens (tertiary/aromatic N) is 1. The van der Waals surface area contributed by atoms with Crippen LogP contribution in [0.4, 0.5) is 0 Å². The number of piperidine rings is 2. The van der Waals surface area contributed by atoms with Crippen molar-refractivity contribution in [1.82, 2.24) is 4.90 Å². The fourth-order valence-electron chi connectivity index (χ4n) is 2.20. The van der Waals surface area contributed by atoms with Gasteiger partial charge in [0, 0.05) is 24.9 Å². The molecular formula is C8H14N2O2. The van der Waals surface area contributed by atoms with Gasteiger partial charge in [-0.25, -0.2) is 0 Å². The van der Waals surface area contributed by atoms with Gasteiger partial charge in [0.05, 0.1) is 12.6 Å². The molecule has 0 aromatic heterocycles. The van der Waals surface area contributed by atoms with E-state index in [1.54, 1.807) is 4.90 Å². The minimum Gasteiger partial charge on any atom is -0.392 e. The second-order valence-electron chi connectivity index (χ2n) is 3.75. The first-order valence-corrected chi connectivity index (χ1v) is 4.38. The predicted molar refractivity (Wildman–Crippen MR) is 43.2 cm³/mol. The van der Waals surface area contributed by atoms with Crippen molar-refractivity contribution in [3.8, 4) is 0 Å². The van der Waals surface area contributed by atoms with Gasteiger partial charge >= 0.3 is 0 Å². The maximum Gasteiger partial charge on any atom is 0.236 e. The summed E-state index contributed by atoms with van der Waals surface area (Å²) in [6, 6.07) is 0. The fourth-order valence-corrected chi connectivity index (χ4v) is 2.20. The van der Waals surface area contributed by atoms with E-state index < -0.39 is 0 Å². The molecule has 1 amide bonds. The summed E-state index contributed by atoms with van der Waals surface area (Å²) < 4.78 is 0. The van der Waals surface area contributed by atoms with Crippen LogP contribution in [0.1, 0.15) is 6.42 Å². The Morgan fingerprint density at radius 1 is 1.50 bits per heavy atom. The average molecular weight is 170 g/mol. The largest absolute Gasteiger partial charge is 0.392 e. The van der Waals surface area contributed by atoms with E-state index in [-0.39, 0.29) is 18.6 Å². The molecule has 1 unspecified atom stereocenters. The number of carbonyl (C=O) groups is 1. The summed E-state index contributed by atoms with van der Waals surface area (Å²) in [6.07, 6.45) is 0.919. The van der Waals surface area contributed by atoms with Crippen molar-refractivity contribution in [2.45, 2.75) is 12.5 Å². The second-order valence-corrected chi connectivity index (χ2v) is 3.75. The highest BCUT2D eigenvalue weighted by molar-refractivity contribution is 5.78. The molecule has 3 N–H and O–H groups in total. The lowest BCUT2D eigenvalue weighted by Gasteiger charge is -2.51. The molecule has 1 saturated carbocycles. The highest BCUT2D eigenvalue weighted by atomic mass is 16.3. The zero-order valence-corrected chi connectivity index (χ0v) is 6.94. The van der Waals surface area contributed by atoms with Gasteiger partial charge in [0.1, 0.15) is 0 Å². The molecule has 4 heteroatoms. The molecule has 2 bridgehead atoms. The number of aliphatic hydroxyl groups excluding tert-OH is 1. The second kappa shape index (κ2) is 2.71. The van der Waals surface area contributed by atoms with Crippen molar-refractivity contribution in [3.63, 3.8) is 0 Å². The molecular weight excluding hydrogens is 156 g/mol. The summed E-state index contributed by atoms with van der Waals surface area (Å²) in [7, 11) is 0. The van der Waals surface area contributed by atoms with Gasteiger partial charge < -0.3 is 15.7 Å². The standard InChI is InChI=1S/C8H14N2O2/c9-2-7(11)10-3-5-1-6(4-10)8(5)12/h5-6,8,12H,1-4,9H2/t5-,6+,8?. The van der Waals surface area contributed by atoms with Crippen LogP contribution in [0.2, 0.25) is 0 Å². The summed E-state index contributed by atoms with van der Waals surface area (Å²) in [4.78, 5) is 12.9. The molecule has 3 atom stereocenters. The quantitative estimate of drug-likeness (QED) is 0.518. The summed E-state index contributed by atoms with van der Waals surface area (Å²) in [5, 5.41) is 9.43. The molecule has 12 heavy (non-hydrogen) atoms. The highest BCUT2D eigenvalue weighted by Gasteiger charge is 2.46. The van der Waals surface area contributed by atoms with Gasteiger partial charge in [0.15, 0.2) is 0 Å². The maximum atomic E-state index is 11.2. The summed E-state index contributed by atoms with van der Waals surface area (Å²) >= 11 is 0. The number of amides is 1. The molecule has 2 heterocycles. The molecule has 3 aliphatic rings. The number of carbonyl (C=O) groups excluding carboxylic acids is 1. The Bertz CT molecular complexity index is 195. The van der Waals surface area contributed by atoms with Crippen LogP contribution in [-0.2, 0) is 4.79 Å². The third kappa shape index (κ3) is 1.03. The van der Waals surface area contributed by atoms with Crippen LogP contribution in [-0.4, -0.2) is 41.7 Å². The average Bonchev–Trinajstić information content (AvgIpc) is 2.16. The first-order chi connectivity index (χ1) is 5.72. The van der Waals surface area contributed by atoms with Crippen molar-refractivity contribution < 1.29 is 9.90 Å².